The molecule has 1 amide bonds. The molecule has 1 aliphatic carbocycles. The number of imidazole rings is 1. The van der Waals surface area contributed by atoms with E-state index in [1.54, 1.807) is 12.5 Å². The van der Waals surface area contributed by atoms with Crippen molar-refractivity contribution in [2.24, 2.45) is 0 Å². The molecule has 2 aromatic heterocycles. The maximum Gasteiger partial charge on any atom is 0.270 e. The number of aryl methyl sites for hydroxylation is 1. The average Bonchev–Trinajstić information content (AvgIpc) is 3.59. The Labute approximate surface area is 219 Å². The van der Waals surface area contributed by atoms with Gasteiger partial charge in [-0.1, -0.05) is 72.8 Å². The molecule has 1 N–H and O–H groups in total. The minimum atomic E-state index is -0.101. The molecule has 0 spiro atoms. The van der Waals surface area contributed by atoms with Crippen LogP contribution in [0.3, 0.4) is 0 Å². The van der Waals surface area contributed by atoms with Gasteiger partial charge in [0.2, 0.25) is 0 Å². The first kappa shape index (κ1) is 22.0. The van der Waals surface area contributed by atoms with E-state index >= 15 is 0 Å². The van der Waals surface area contributed by atoms with Crippen LogP contribution in [0.2, 0.25) is 0 Å². The Hall–Kier alpha value is -4.22. The first-order valence-electron chi connectivity index (χ1n) is 12.7. The third-order valence-corrected chi connectivity index (χ3v) is 8.61. The molecule has 180 valence electrons. The molecular formula is C32H25N3OS. The molecule has 37 heavy (non-hydrogen) atoms. The lowest BCUT2D eigenvalue weighted by Crippen LogP contribution is -2.32. The Bertz CT molecular complexity index is 1780. The van der Waals surface area contributed by atoms with Gasteiger partial charge in [0.05, 0.1) is 18.6 Å². The highest BCUT2D eigenvalue weighted by Gasteiger charge is 2.23. The summed E-state index contributed by atoms with van der Waals surface area (Å²) in [5.74, 6) is -0.101. The van der Waals surface area contributed by atoms with E-state index in [1.807, 2.05) is 22.0 Å². The Morgan fingerprint density at radius 2 is 1.76 bits per heavy atom. The summed E-state index contributed by atoms with van der Waals surface area (Å²) in [5.41, 5.74) is 6.34. The summed E-state index contributed by atoms with van der Waals surface area (Å²) in [6.07, 6.45) is 6.48. The van der Waals surface area contributed by atoms with Gasteiger partial charge in [-0.15, -0.1) is 11.3 Å². The van der Waals surface area contributed by atoms with Gasteiger partial charge >= 0.3 is 0 Å². The van der Waals surface area contributed by atoms with Gasteiger partial charge < -0.3 is 5.32 Å². The maximum atomic E-state index is 13.4. The summed E-state index contributed by atoms with van der Waals surface area (Å²) in [5, 5.41) is 5.84. The van der Waals surface area contributed by atoms with Crippen LogP contribution in [0, 0.1) is 0 Å². The van der Waals surface area contributed by atoms with Crippen molar-refractivity contribution >= 4 is 37.4 Å². The van der Waals surface area contributed by atoms with Crippen LogP contribution in [0.5, 0.6) is 0 Å². The second-order valence-corrected chi connectivity index (χ2v) is 10.6. The number of nitrogens with one attached hydrogen (secondary N) is 1. The van der Waals surface area contributed by atoms with E-state index in [1.165, 1.54) is 36.9 Å². The number of benzene rings is 4. The van der Waals surface area contributed by atoms with Crippen LogP contribution in [0.1, 0.15) is 40.5 Å². The zero-order chi connectivity index (χ0) is 24.8. The number of thiophene rings is 1. The van der Waals surface area contributed by atoms with Crippen molar-refractivity contribution in [3.05, 3.63) is 120 Å². The fourth-order valence-electron chi connectivity index (χ4n) is 5.60. The summed E-state index contributed by atoms with van der Waals surface area (Å²) in [6.45, 7) is 0. The lowest BCUT2D eigenvalue weighted by atomic mass is 9.88. The first-order chi connectivity index (χ1) is 18.3. The monoisotopic (exact) mass is 499 g/mol. The molecule has 4 nitrogen and oxygen atoms in total. The van der Waals surface area contributed by atoms with Crippen molar-refractivity contribution in [2.45, 2.75) is 25.3 Å². The van der Waals surface area contributed by atoms with Crippen molar-refractivity contribution in [1.29, 1.82) is 0 Å². The minimum Gasteiger partial charge on any atom is -0.344 e. The van der Waals surface area contributed by atoms with E-state index < -0.39 is 0 Å². The van der Waals surface area contributed by atoms with Gasteiger partial charge in [0.15, 0.2) is 0 Å². The van der Waals surface area contributed by atoms with Crippen molar-refractivity contribution in [2.75, 3.05) is 0 Å². The van der Waals surface area contributed by atoms with E-state index in [-0.39, 0.29) is 11.9 Å². The molecule has 1 aliphatic rings. The highest BCUT2D eigenvalue weighted by molar-refractivity contribution is 7.26. The molecule has 0 saturated carbocycles. The summed E-state index contributed by atoms with van der Waals surface area (Å²) < 4.78 is 4.46. The van der Waals surface area contributed by atoms with Crippen LogP contribution in [-0.4, -0.2) is 15.5 Å². The van der Waals surface area contributed by atoms with Gasteiger partial charge in [-0.25, -0.2) is 4.98 Å². The first-order valence-corrected chi connectivity index (χ1v) is 13.5. The molecule has 5 heteroatoms. The molecule has 0 unspecified atom stereocenters. The van der Waals surface area contributed by atoms with E-state index in [2.05, 4.69) is 95.2 Å². The lowest BCUT2D eigenvalue weighted by Gasteiger charge is -2.26. The highest BCUT2D eigenvalue weighted by Crippen LogP contribution is 2.40. The summed E-state index contributed by atoms with van der Waals surface area (Å²) >= 11 is 1.83. The van der Waals surface area contributed by atoms with Crippen LogP contribution >= 0.6 is 11.3 Å². The third-order valence-electron chi connectivity index (χ3n) is 7.39. The van der Waals surface area contributed by atoms with Gasteiger partial charge in [0, 0.05) is 25.9 Å². The highest BCUT2D eigenvalue weighted by atomic mass is 32.1. The minimum absolute atomic E-state index is 0.0256. The molecule has 0 bridgehead atoms. The lowest BCUT2D eigenvalue weighted by molar-refractivity contribution is 0.0926. The van der Waals surface area contributed by atoms with Crippen LogP contribution in [0.15, 0.2) is 104 Å². The number of rotatable bonds is 4. The summed E-state index contributed by atoms with van der Waals surface area (Å²) in [7, 11) is 0. The Kier molecular flexibility index (Phi) is 5.37. The van der Waals surface area contributed by atoms with Gasteiger partial charge in [-0.3, -0.25) is 9.36 Å². The second-order valence-electron chi connectivity index (χ2n) is 9.60. The SMILES string of the molecule is O=C(N[C@H]1CCCc2ccccc21)c1cncn1-c1cccc(-c2cccc3c2sc2ccccc23)c1. The number of carbonyl (C=O) groups is 1. The smallest absolute Gasteiger partial charge is 0.270 e. The topological polar surface area (TPSA) is 46.9 Å². The number of amides is 1. The maximum absolute atomic E-state index is 13.4. The van der Waals surface area contributed by atoms with E-state index in [0.29, 0.717) is 5.69 Å². The zero-order valence-corrected chi connectivity index (χ0v) is 21.0. The molecular weight excluding hydrogens is 474 g/mol. The average molecular weight is 500 g/mol. The summed E-state index contributed by atoms with van der Waals surface area (Å²) in [4.78, 5) is 17.8. The largest absolute Gasteiger partial charge is 0.344 e. The zero-order valence-electron chi connectivity index (χ0n) is 20.2. The normalized spacial score (nSPS) is 15.1. The standard InChI is InChI=1S/C32H25N3OS/c36-32(34-28-16-6-9-21-8-1-2-12-24(21)28)29-19-33-20-35(29)23-11-5-10-22(18-23)25-14-7-15-27-26-13-3-4-17-30(26)37-31(25)27/h1-5,7-8,10-15,17-20,28H,6,9,16H2,(H,34,36)/t28-/m0/s1. The van der Waals surface area contributed by atoms with Gasteiger partial charge in [0.1, 0.15) is 5.69 Å². The number of hydrogen-bond donors (Lipinski definition) is 1. The molecule has 4 aromatic carbocycles. The van der Waals surface area contributed by atoms with Gasteiger partial charge in [-0.05, 0) is 59.7 Å². The van der Waals surface area contributed by atoms with Crippen LogP contribution in [0.25, 0.3) is 37.0 Å². The third kappa shape index (κ3) is 3.83. The van der Waals surface area contributed by atoms with Crippen molar-refractivity contribution < 1.29 is 4.79 Å². The van der Waals surface area contributed by atoms with Crippen molar-refractivity contribution in [3.63, 3.8) is 0 Å². The molecule has 1 atom stereocenters. The molecule has 2 heterocycles. The Balaban J connectivity index is 1.24. The predicted octanol–water partition coefficient (Wildman–Crippen LogP) is 7.71. The van der Waals surface area contributed by atoms with Gasteiger partial charge in [0.25, 0.3) is 5.91 Å². The van der Waals surface area contributed by atoms with Crippen LogP contribution in [0.4, 0.5) is 0 Å². The molecule has 0 aliphatic heterocycles. The molecule has 0 fully saturated rings. The molecule has 0 saturated heterocycles. The number of hydrogen-bond acceptors (Lipinski definition) is 3. The number of carbonyl (C=O) groups excluding carboxylic acids is 1. The number of fused-ring (bicyclic) bond motifs is 4. The summed E-state index contributed by atoms with van der Waals surface area (Å²) in [6, 6.07) is 31.9. The fraction of sp³-hybridized carbons (Fsp3) is 0.125. The van der Waals surface area contributed by atoms with Crippen LogP contribution in [-0.2, 0) is 6.42 Å². The molecule has 0 radical (unpaired) electrons. The number of aromatic nitrogens is 2. The molecule has 7 rings (SSSR count). The van der Waals surface area contributed by atoms with Gasteiger partial charge in [-0.2, -0.15) is 0 Å². The predicted molar refractivity (Wildman–Crippen MR) is 151 cm³/mol. The van der Waals surface area contributed by atoms with E-state index in [9.17, 15) is 4.79 Å². The van der Waals surface area contributed by atoms with E-state index in [4.69, 9.17) is 0 Å². The molecule has 6 aromatic rings. The number of nitrogens with zero attached hydrogens (tertiary/aromatic N) is 2. The Morgan fingerprint density at radius 3 is 2.73 bits per heavy atom. The van der Waals surface area contributed by atoms with Crippen molar-refractivity contribution in [3.8, 4) is 16.8 Å². The second kappa shape index (κ2) is 9.02. The Morgan fingerprint density at radius 1 is 0.919 bits per heavy atom. The van der Waals surface area contributed by atoms with E-state index in [0.717, 1.165) is 30.5 Å². The van der Waals surface area contributed by atoms with Crippen LogP contribution < -0.4 is 5.32 Å². The fourth-order valence-corrected chi connectivity index (χ4v) is 6.84. The quantitative estimate of drug-likeness (QED) is 0.270. The van der Waals surface area contributed by atoms with Crippen molar-refractivity contribution in [1.82, 2.24) is 14.9 Å².